The van der Waals surface area contributed by atoms with E-state index in [0.29, 0.717) is 19.4 Å². The van der Waals surface area contributed by atoms with E-state index in [-0.39, 0.29) is 25.2 Å². The fraction of sp³-hybridized carbons (Fsp3) is 0.877. The van der Waals surface area contributed by atoms with Crippen molar-refractivity contribution in [3.8, 4) is 0 Å². The molecule has 0 aliphatic heterocycles. The Hall–Kier alpha value is -1.88. The van der Waals surface area contributed by atoms with Gasteiger partial charge < -0.3 is 14.2 Å². The lowest BCUT2D eigenvalue weighted by Crippen LogP contribution is -2.29. The van der Waals surface area contributed by atoms with Crippen LogP contribution in [0.25, 0.3) is 0 Å². The number of carbonyl (C=O) groups is 2. The summed E-state index contributed by atoms with van der Waals surface area (Å²) in [7, 11) is 0. The molecule has 0 bridgehead atoms. The minimum absolute atomic E-state index is 0.160. The van der Waals surface area contributed by atoms with Crippen molar-refractivity contribution in [2.24, 2.45) is 0 Å². The van der Waals surface area contributed by atoms with Crippen molar-refractivity contribution in [2.75, 3.05) is 19.8 Å². The second-order valence-corrected chi connectivity index (χ2v) is 21.3. The molecule has 0 unspecified atom stereocenters. The first-order chi connectivity index (χ1) is 34.6. The molecule has 0 aliphatic carbocycles. The lowest BCUT2D eigenvalue weighted by atomic mass is 10.0. The van der Waals surface area contributed by atoms with E-state index in [1.54, 1.807) is 0 Å². The van der Waals surface area contributed by atoms with Crippen LogP contribution in [0.3, 0.4) is 0 Å². The Balaban J connectivity index is 4.22. The van der Waals surface area contributed by atoms with E-state index in [1.165, 1.54) is 263 Å². The Morgan fingerprint density at radius 1 is 0.300 bits per heavy atom. The van der Waals surface area contributed by atoms with Crippen molar-refractivity contribution in [3.05, 3.63) is 36.5 Å². The van der Waals surface area contributed by atoms with Crippen LogP contribution in [0.5, 0.6) is 0 Å². The third-order valence-corrected chi connectivity index (χ3v) is 14.2. The minimum atomic E-state index is -0.399. The SMILES string of the molecule is CCCCC/C=C\C/C=C\CCCCCCCCCCCC(=O)OC[C@H](COC(=O)CCCCCCCCCCC/C=C\CCCCCCCC)OCCCCCCCCCCCCCCCCCC. The zero-order valence-corrected chi connectivity index (χ0v) is 47.6. The molecule has 0 saturated heterocycles. The molecule has 0 amide bonds. The van der Waals surface area contributed by atoms with Crippen molar-refractivity contribution in [2.45, 2.75) is 348 Å². The molecule has 0 spiro atoms. The monoisotopic (exact) mass is 983 g/mol. The van der Waals surface area contributed by atoms with Crippen molar-refractivity contribution >= 4 is 11.9 Å². The van der Waals surface area contributed by atoms with Crippen LogP contribution >= 0.6 is 0 Å². The molecule has 5 heteroatoms. The highest BCUT2D eigenvalue weighted by atomic mass is 16.6. The molecule has 0 N–H and O–H groups in total. The van der Waals surface area contributed by atoms with Gasteiger partial charge in [0, 0.05) is 19.4 Å². The molecule has 70 heavy (non-hydrogen) atoms. The molecule has 412 valence electrons. The van der Waals surface area contributed by atoms with E-state index in [4.69, 9.17) is 14.2 Å². The van der Waals surface area contributed by atoms with Crippen LogP contribution in [0.15, 0.2) is 36.5 Å². The second kappa shape index (κ2) is 61.4. The summed E-state index contributed by atoms with van der Waals surface area (Å²) < 4.78 is 17.6. The van der Waals surface area contributed by atoms with Crippen LogP contribution < -0.4 is 0 Å². The molecule has 0 saturated carbocycles. The van der Waals surface area contributed by atoms with E-state index in [9.17, 15) is 9.59 Å². The molecule has 0 fully saturated rings. The molecule has 1 atom stereocenters. The molecule has 0 heterocycles. The van der Waals surface area contributed by atoms with Crippen LogP contribution in [0, 0.1) is 0 Å². The molecule has 0 aromatic rings. The van der Waals surface area contributed by atoms with Crippen LogP contribution in [0.4, 0.5) is 0 Å². The predicted octanol–water partition coefficient (Wildman–Crippen LogP) is 21.7. The van der Waals surface area contributed by atoms with E-state index >= 15 is 0 Å². The van der Waals surface area contributed by atoms with Gasteiger partial charge in [-0.3, -0.25) is 9.59 Å². The number of unbranched alkanes of at least 4 members (excludes halogenated alkanes) is 42. The summed E-state index contributed by atoms with van der Waals surface area (Å²) >= 11 is 0. The van der Waals surface area contributed by atoms with Gasteiger partial charge in [0.05, 0.1) is 0 Å². The van der Waals surface area contributed by atoms with Crippen molar-refractivity contribution in [3.63, 3.8) is 0 Å². The van der Waals surface area contributed by atoms with E-state index in [2.05, 4.69) is 57.2 Å². The number of esters is 2. The number of hydrogen-bond donors (Lipinski definition) is 0. The topological polar surface area (TPSA) is 61.8 Å². The Bertz CT molecular complexity index is 1110. The third-order valence-electron chi connectivity index (χ3n) is 14.2. The molecule has 0 rings (SSSR count). The lowest BCUT2D eigenvalue weighted by molar-refractivity contribution is -0.155. The van der Waals surface area contributed by atoms with Crippen LogP contribution in [-0.4, -0.2) is 37.9 Å². The molecular weight excluding hydrogens is 861 g/mol. The first-order valence-electron chi connectivity index (χ1n) is 31.5. The van der Waals surface area contributed by atoms with Gasteiger partial charge in [0.2, 0.25) is 0 Å². The van der Waals surface area contributed by atoms with Gasteiger partial charge in [-0.1, -0.05) is 288 Å². The Labute approximate surface area is 438 Å². The Kier molecular flexibility index (Phi) is 59.8. The lowest BCUT2D eigenvalue weighted by Gasteiger charge is -2.18. The summed E-state index contributed by atoms with van der Waals surface area (Å²) in [6.07, 6.45) is 76.2. The predicted molar refractivity (Wildman–Crippen MR) is 307 cm³/mol. The number of carbonyl (C=O) groups excluding carboxylic acids is 2. The fourth-order valence-electron chi connectivity index (χ4n) is 9.40. The standard InChI is InChI=1S/C65H122O5/c1-4-7-10-13-16-19-22-25-28-31-33-35-37-40-43-46-49-52-55-58-64(66)69-61-63(68-60-57-54-51-48-45-42-39-30-27-24-21-18-15-12-9-6-3)62-70-65(67)59-56-53-50-47-44-41-38-36-34-32-29-26-23-20-17-14-11-8-5-2/h16,19,25-26,28-29,63H,4-15,17-18,20-24,27,30-62H2,1-3H3/b19-16-,28-25-,29-26-/t63-/m1/s1. The van der Waals surface area contributed by atoms with Crippen molar-refractivity contribution in [1.29, 1.82) is 0 Å². The summed E-state index contributed by atoms with van der Waals surface area (Å²) in [5.41, 5.74) is 0. The average molecular weight is 984 g/mol. The summed E-state index contributed by atoms with van der Waals surface area (Å²) in [5.74, 6) is -0.321. The van der Waals surface area contributed by atoms with Gasteiger partial charge in [-0.15, -0.1) is 0 Å². The number of allylic oxidation sites excluding steroid dienone is 6. The molecule has 0 aliphatic rings. The Morgan fingerprint density at radius 2 is 0.543 bits per heavy atom. The highest BCUT2D eigenvalue weighted by molar-refractivity contribution is 5.69. The summed E-state index contributed by atoms with van der Waals surface area (Å²) in [4.78, 5) is 25.4. The van der Waals surface area contributed by atoms with Gasteiger partial charge in [0.1, 0.15) is 19.3 Å². The number of hydrogen-bond acceptors (Lipinski definition) is 5. The highest BCUT2D eigenvalue weighted by Crippen LogP contribution is 2.17. The van der Waals surface area contributed by atoms with Crippen molar-refractivity contribution < 1.29 is 23.8 Å². The smallest absolute Gasteiger partial charge is 0.305 e. The highest BCUT2D eigenvalue weighted by Gasteiger charge is 2.16. The third kappa shape index (κ3) is 58.7. The van der Waals surface area contributed by atoms with Crippen LogP contribution in [-0.2, 0) is 23.8 Å². The summed E-state index contributed by atoms with van der Waals surface area (Å²) in [6, 6.07) is 0. The Morgan fingerprint density at radius 3 is 0.871 bits per heavy atom. The van der Waals surface area contributed by atoms with Crippen LogP contribution in [0.2, 0.25) is 0 Å². The molecule has 0 radical (unpaired) electrons. The maximum Gasteiger partial charge on any atom is 0.305 e. The maximum atomic E-state index is 12.7. The summed E-state index contributed by atoms with van der Waals surface area (Å²) in [6.45, 7) is 7.77. The van der Waals surface area contributed by atoms with Gasteiger partial charge in [0.15, 0.2) is 0 Å². The zero-order chi connectivity index (χ0) is 50.6. The van der Waals surface area contributed by atoms with Gasteiger partial charge in [-0.25, -0.2) is 0 Å². The van der Waals surface area contributed by atoms with E-state index in [1.807, 2.05) is 0 Å². The van der Waals surface area contributed by atoms with E-state index < -0.39 is 6.10 Å². The fourth-order valence-corrected chi connectivity index (χ4v) is 9.40. The largest absolute Gasteiger partial charge is 0.463 e. The minimum Gasteiger partial charge on any atom is -0.463 e. The number of ether oxygens (including phenoxy) is 3. The van der Waals surface area contributed by atoms with Crippen molar-refractivity contribution in [1.82, 2.24) is 0 Å². The van der Waals surface area contributed by atoms with Gasteiger partial charge in [-0.2, -0.15) is 0 Å². The molecule has 0 aromatic heterocycles. The number of rotatable bonds is 59. The van der Waals surface area contributed by atoms with E-state index in [0.717, 1.165) is 44.9 Å². The molecule has 0 aromatic carbocycles. The first kappa shape index (κ1) is 68.1. The molecular formula is C65H122O5. The maximum absolute atomic E-state index is 12.7. The van der Waals surface area contributed by atoms with Crippen LogP contribution in [0.1, 0.15) is 342 Å². The van der Waals surface area contributed by atoms with Gasteiger partial charge in [-0.05, 0) is 77.0 Å². The first-order valence-corrected chi connectivity index (χ1v) is 31.5. The average Bonchev–Trinajstić information content (AvgIpc) is 3.36. The van der Waals surface area contributed by atoms with Gasteiger partial charge in [0.25, 0.3) is 0 Å². The second-order valence-electron chi connectivity index (χ2n) is 21.3. The van der Waals surface area contributed by atoms with Gasteiger partial charge >= 0.3 is 11.9 Å². The quantitative estimate of drug-likeness (QED) is 0.0345. The molecule has 5 nitrogen and oxygen atoms in total. The summed E-state index contributed by atoms with van der Waals surface area (Å²) in [5, 5.41) is 0. The normalized spacial score (nSPS) is 12.3. The zero-order valence-electron chi connectivity index (χ0n) is 47.6.